The predicted molar refractivity (Wildman–Crippen MR) is 75.9 cm³/mol. The Morgan fingerprint density at radius 1 is 1.26 bits per heavy atom. The molecule has 0 heterocycles. The van der Waals surface area contributed by atoms with Gasteiger partial charge in [0, 0.05) is 6.04 Å². The lowest BCUT2D eigenvalue weighted by Gasteiger charge is -2.30. The summed E-state index contributed by atoms with van der Waals surface area (Å²) in [7, 11) is 0. The molecule has 106 valence electrons. The quantitative estimate of drug-likeness (QED) is 0.845. The smallest absolute Gasteiger partial charge is 0.165 e. The first-order valence-electron chi connectivity index (χ1n) is 7.42. The Hall–Kier alpha value is -1.09. The minimum Gasteiger partial charge on any atom is -0.489 e. The van der Waals surface area contributed by atoms with Gasteiger partial charge in [0.05, 0.1) is 0 Å². The van der Waals surface area contributed by atoms with Crippen molar-refractivity contribution in [1.82, 2.24) is 5.32 Å². The molecule has 0 bridgehead atoms. The van der Waals surface area contributed by atoms with Crippen LogP contribution in [-0.4, -0.2) is 19.2 Å². The zero-order valence-electron chi connectivity index (χ0n) is 11.7. The van der Waals surface area contributed by atoms with Gasteiger partial charge in [0.2, 0.25) is 0 Å². The molecule has 1 aliphatic rings. The van der Waals surface area contributed by atoms with Gasteiger partial charge in [0.15, 0.2) is 11.6 Å². The Balaban J connectivity index is 1.91. The van der Waals surface area contributed by atoms with Crippen molar-refractivity contribution in [1.29, 1.82) is 0 Å². The van der Waals surface area contributed by atoms with E-state index in [0.717, 1.165) is 6.54 Å². The molecule has 1 fully saturated rings. The summed E-state index contributed by atoms with van der Waals surface area (Å²) < 4.78 is 19.2. The molecule has 0 aliphatic heterocycles. The van der Waals surface area contributed by atoms with Crippen LogP contribution in [-0.2, 0) is 0 Å². The van der Waals surface area contributed by atoms with Crippen LogP contribution in [0.15, 0.2) is 24.3 Å². The fourth-order valence-corrected chi connectivity index (χ4v) is 2.90. The van der Waals surface area contributed by atoms with E-state index in [1.54, 1.807) is 18.2 Å². The number of ether oxygens (including phenoxy) is 1. The monoisotopic (exact) mass is 265 g/mol. The number of likely N-dealkylation sites (N-methyl/N-ethyl adjacent to an activating group) is 1. The molecule has 2 rings (SSSR count). The molecule has 3 heteroatoms. The minimum absolute atomic E-state index is 0.276. The van der Waals surface area contributed by atoms with Crippen molar-refractivity contribution in [3.05, 3.63) is 30.1 Å². The highest BCUT2D eigenvalue weighted by molar-refractivity contribution is 5.23. The summed E-state index contributed by atoms with van der Waals surface area (Å²) in [6.07, 6.45) is 6.50. The first kappa shape index (κ1) is 14.3. The number of nitrogens with one attached hydrogen (secondary N) is 1. The second kappa shape index (κ2) is 7.49. The number of halogens is 1. The summed E-state index contributed by atoms with van der Waals surface area (Å²) >= 11 is 0. The van der Waals surface area contributed by atoms with Gasteiger partial charge in [-0.1, -0.05) is 38.3 Å². The third-order valence-corrected chi connectivity index (χ3v) is 3.94. The molecule has 0 saturated heterocycles. The van der Waals surface area contributed by atoms with Crippen molar-refractivity contribution in [2.45, 2.75) is 45.1 Å². The summed E-state index contributed by atoms with van der Waals surface area (Å²) in [5.41, 5.74) is 0. The van der Waals surface area contributed by atoms with Gasteiger partial charge < -0.3 is 10.1 Å². The van der Waals surface area contributed by atoms with Gasteiger partial charge in [0.25, 0.3) is 0 Å². The summed E-state index contributed by atoms with van der Waals surface area (Å²) in [4.78, 5) is 0. The number of rotatable bonds is 6. The highest BCUT2D eigenvalue weighted by atomic mass is 19.1. The maximum atomic E-state index is 13.5. The van der Waals surface area contributed by atoms with Crippen LogP contribution in [0.4, 0.5) is 4.39 Å². The number of para-hydroxylation sites is 1. The van der Waals surface area contributed by atoms with Crippen LogP contribution in [0.3, 0.4) is 0 Å². The molecule has 1 atom stereocenters. The molecule has 19 heavy (non-hydrogen) atoms. The summed E-state index contributed by atoms with van der Waals surface area (Å²) in [5, 5.41) is 3.49. The Bertz CT molecular complexity index is 377. The maximum absolute atomic E-state index is 13.5. The van der Waals surface area contributed by atoms with E-state index < -0.39 is 0 Å². The van der Waals surface area contributed by atoms with Gasteiger partial charge in [-0.25, -0.2) is 4.39 Å². The number of benzene rings is 1. The third-order valence-electron chi connectivity index (χ3n) is 3.94. The van der Waals surface area contributed by atoms with Crippen molar-refractivity contribution < 1.29 is 9.13 Å². The Morgan fingerprint density at radius 2 is 2.00 bits per heavy atom. The zero-order chi connectivity index (χ0) is 13.5. The largest absolute Gasteiger partial charge is 0.489 e. The van der Waals surface area contributed by atoms with Crippen LogP contribution in [0.25, 0.3) is 0 Å². The highest BCUT2D eigenvalue weighted by Crippen LogP contribution is 2.27. The first-order chi connectivity index (χ1) is 9.31. The number of hydrogen-bond donors (Lipinski definition) is 1. The van der Waals surface area contributed by atoms with Crippen LogP contribution in [0.5, 0.6) is 5.75 Å². The van der Waals surface area contributed by atoms with Crippen LogP contribution < -0.4 is 10.1 Å². The summed E-state index contributed by atoms with van der Waals surface area (Å²) in [6, 6.07) is 6.97. The maximum Gasteiger partial charge on any atom is 0.165 e. The highest BCUT2D eigenvalue weighted by Gasteiger charge is 2.23. The fraction of sp³-hybridized carbons (Fsp3) is 0.625. The van der Waals surface area contributed by atoms with Crippen LogP contribution >= 0.6 is 0 Å². The van der Waals surface area contributed by atoms with Gasteiger partial charge in [0.1, 0.15) is 6.61 Å². The Kier molecular flexibility index (Phi) is 5.64. The van der Waals surface area contributed by atoms with E-state index in [9.17, 15) is 4.39 Å². The van der Waals surface area contributed by atoms with Crippen molar-refractivity contribution in [2.24, 2.45) is 5.92 Å². The van der Waals surface area contributed by atoms with Gasteiger partial charge in [-0.3, -0.25) is 0 Å². The average molecular weight is 265 g/mol. The predicted octanol–water partition coefficient (Wildman–Crippen LogP) is 3.76. The second-order valence-electron chi connectivity index (χ2n) is 5.30. The fourth-order valence-electron chi connectivity index (χ4n) is 2.90. The van der Waals surface area contributed by atoms with E-state index >= 15 is 0 Å². The standard InChI is InChI=1S/C16H24FNO/c1-2-18-15(13-8-4-3-5-9-13)12-19-16-11-7-6-10-14(16)17/h6-7,10-11,13,15,18H,2-5,8-9,12H2,1H3. The second-order valence-corrected chi connectivity index (χ2v) is 5.30. The average Bonchev–Trinajstić information content (AvgIpc) is 2.46. The molecule has 2 nitrogen and oxygen atoms in total. The molecule has 0 radical (unpaired) electrons. The molecule has 1 aromatic carbocycles. The zero-order valence-corrected chi connectivity index (χ0v) is 11.7. The van der Waals surface area contributed by atoms with Gasteiger partial charge >= 0.3 is 0 Å². The molecule has 1 N–H and O–H groups in total. The summed E-state index contributed by atoms with van der Waals surface area (Å²) in [5.74, 6) is 0.753. The van der Waals surface area contributed by atoms with Gasteiger partial charge in [-0.05, 0) is 37.4 Å². The van der Waals surface area contributed by atoms with Crippen molar-refractivity contribution in [2.75, 3.05) is 13.2 Å². The Labute approximate surface area is 115 Å². The van der Waals surface area contributed by atoms with Crippen LogP contribution in [0.2, 0.25) is 0 Å². The molecule has 1 aliphatic carbocycles. The molecular formula is C16H24FNO. The van der Waals surface area contributed by atoms with Crippen molar-refractivity contribution in [3.63, 3.8) is 0 Å². The molecule has 0 spiro atoms. The molecule has 1 aromatic rings. The van der Waals surface area contributed by atoms with Crippen LogP contribution in [0, 0.1) is 11.7 Å². The Morgan fingerprint density at radius 3 is 2.68 bits per heavy atom. The van der Waals surface area contributed by atoms with E-state index in [1.807, 2.05) is 0 Å². The molecule has 0 aromatic heterocycles. The molecule has 1 saturated carbocycles. The van der Waals surface area contributed by atoms with Crippen molar-refractivity contribution >= 4 is 0 Å². The van der Waals surface area contributed by atoms with E-state index in [4.69, 9.17) is 4.74 Å². The van der Waals surface area contributed by atoms with Gasteiger partial charge in [-0.2, -0.15) is 0 Å². The van der Waals surface area contributed by atoms with E-state index in [-0.39, 0.29) is 5.82 Å². The van der Waals surface area contributed by atoms with Crippen LogP contribution in [0.1, 0.15) is 39.0 Å². The third kappa shape index (κ3) is 4.20. The lowest BCUT2D eigenvalue weighted by molar-refractivity contribution is 0.183. The number of hydrogen-bond acceptors (Lipinski definition) is 2. The lowest BCUT2D eigenvalue weighted by Crippen LogP contribution is -2.41. The minimum atomic E-state index is -0.276. The van der Waals surface area contributed by atoms with E-state index in [2.05, 4.69) is 12.2 Å². The molecule has 1 unspecified atom stereocenters. The van der Waals surface area contributed by atoms with Gasteiger partial charge in [-0.15, -0.1) is 0 Å². The SMILES string of the molecule is CCNC(COc1ccccc1F)C1CCCCC1. The molecule has 0 amide bonds. The topological polar surface area (TPSA) is 21.3 Å². The normalized spacial score (nSPS) is 18.2. The van der Waals surface area contributed by atoms with E-state index in [0.29, 0.717) is 24.3 Å². The van der Waals surface area contributed by atoms with Crippen molar-refractivity contribution in [3.8, 4) is 5.75 Å². The summed E-state index contributed by atoms with van der Waals surface area (Å²) in [6.45, 7) is 3.60. The first-order valence-corrected chi connectivity index (χ1v) is 7.42. The lowest BCUT2D eigenvalue weighted by atomic mass is 9.84. The molecular weight excluding hydrogens is 241 g/mol. The van der Waals surface area contributed by atoms with E-state index in [1.165, 1.54) is 38.2 Å².